The number of aliphatic hydroxyl groups excluding tert-OH is 1. The molecule has 3 rings (SSSR count). The lowest BCUT2D eigenvalue weighted by Gasteiger charge is -2.37. The summed E-state index contributed by atoms with van der Waals surface area (Å²) in [5.74, 6) is 1.46. The molecule has 1 aliphatic heterocycles. The summed E-state index contributed by atoms with van der Waals surface area (Å²) in [6, 6.07) is 15.5. The van der Waals surface area contributed by atoms with Crippen LogP contribution in [0.3, 0.4) is 0 Å². The van der Waals surface area contributed by atoms with Gasteiger partial charge in [-0.15, -0.1) is 0 Å². The number of rotatable bonds is 10. The molecule has 0 spiro atoms. The Balaban J connectivity index is 1.55. The minimum Gasteiger partial charge on any atom is -0.493 e. The van der Waals surface area contributed by atoms with Crippen molar-refractivity contribution in [1.82, 2.24) is 15.1 Å². The highest BCUT2D eigenvalue weighted by molar-refractivity contribution is 5.68. The monoisotopic (exact) mass is 499 g/mol. The van der Waals surface area contributed by atoms with Gasteiger partial charge in [-0.3, -0.25) is 9.80 Å². The van der Waals surface area contributed by atoms with Gasteiger partial charge >= 0.3 is 6.09 Å². The van der Waals surface area contributed by atoms with E-state index in [9.17, 15) is 9.90 Å². The average Bonchev–Trinajstić information content (AvgIpc) is 2.84. The molecule has 198 valence electrons. The fraction of sp³-hybridized carbons (Fsp3) is 0.536. The van der Waals surface area contributed by atoms with Crippen molar-refractivity contribution in [3.05, 3.63) is 59.7 Å². The molecule has 8 nitrogen and oxygen atoms in total. The molecule has 8 heteroatoms. The number of hydrogen-bond donors (Lipinski definition) is 2. The first-order chi connectivity index (χ1) is 17.2. The molecule has 1 amide bonds. The van der Waals surface area contributed by atoms with Crippen LogP contribution < -0.4 is 14.8 Å². The van der Waals surface area contributed by atoms with Crippen LogP contribution in [-0.4, -0.2) is 85.7 Å². The number of hydrogen-bond acceptors (Lipinski definition) is 7. The molecular weight excluding hydrogens is 458 g/mol. The van der Waals surface area contributed by atoms with Gasteiger partial charge in [-0.2, -0.15) is 0 Å². The van der Waals surface area contributed by atoms with E-state index in [4.69, 9.17) is 14.2 Å². The molecule has 2 N–H and O–H groups in total. The molecule has 0 aliphatic carbocycles. The number of alkyl carbamates (subject to hydrolysis) is 1. The van der Waals surface area contributed by atoms with Gasteiger partial charge in [-0.25, -0.2) is 4.79 Å². The van der Waals surface area contributed by atoms with E-state index in [2.05, 4.69) is 21.2 Å². The van der Waals surface area contributed by atoms with Crippen LogP contribution in [0.1, 0.15) is 31.9 Å². The summed E-state index contributed by atoms with van der Waals surface area (Å²) >= 11 is 0. The van der Waals surface area contributed by atoms with Crippen LogP contribution in [0.4, 0.5) is 4.79 Å². The van der Waals surface area contributed by atoms with Crippen molar-refractivity contribution in [2.24, 2.45) is 0 Å². The van der Waals surface area contributed by atoms with Crippen molar-refractivity contribution in [3.8, 4) is 11.5 Å². The summed E-state index contributed by atoms with van der Waals surface area (Å²) < 4.78 is 16.2. The predicted octanol–water partition coefficient (Wildman–Crippen LogP) is 3.32. The molecule has 2 atom stereocenters. The van der Waals surface area contributed by atoms with E-state index in [0.29, 0.717) is 13.0 Å². The lowest BCUT2D eigenvalue weighted by atomic mass is 10.0. The molecule has 0 bridgehead atoms. The van der Waals surface area contributed by atoms with E-state index in [0.717, 1.165) is 49.8 Å². The van der Waals surface area contributed by atoms with Gasteiger partial charge in [0.1, 0.15) is 5.60 Å². The second-order valence-corrected chi connectivity index (χ2v) is 10.3. The lowest BCUT2D eigenvalue weighted by Crippen LogP contribution is -2.53. The zero-order valence-corrected chi connectivity index (χ0v) is 22.2. The van der Waals surface area contributed by atoms with Crippen LogP contribution in [0, 0.1) is 0 Å². The number of carbonyl (C=O) groups is 1. The Morgan fingerprint density at radius 2 is 1.58 bits per heavy atom. The number of aliphatic hydroxyl groups is 1. The Bertz CT molecular complexity index is 955. The van der Waals surface area contributed by atoms with Gasteiger partial charge in [0.25, 0.3) is 0 Å². The third-order valence-corrected chi connectivity index (χ3v) is 6.23. The number of methoxy groups -OCH3 is 2. The fourth-order valence-corrected chi connectivity index (χ4v) is 4.37. The minimum atomic E-state index is -0.727. The minimum absolute atomic E-state index is 0.452. The van der Waals surface area contributed by atoms with Gasteiger partial charge < -0.3 is 24.6 Å². The molecule has 0 unspecified atom stereocenters. The van der Waals surface area contributed by atoms with Gasteiger partial charge in [-0.05, 0) is 50.5 Å². The smallest absolute Gasteiger partial charge is 0.407 e. The molecule has 0 aromatic heterocycles. The maximum Gasteiger partial charge on any atom is 0.407 e. The van der Waals surface area contributed by atoms with Crippen molar-refractivity contribution in [2.75, 3.05) is 46.9 Å². The van der Waals surface area contributed by atoms with Crippen LogP contribution in [0.15, 0.2) is 48.5 Å². The maximum atomic E-state index is 12.5. The number of benzene rings is 2. The highest BCUT2D eigenvalue weighted by atomic mass is 16.6. The van der Waals surface area contributed by atoms with E-state index < -0.39 is 23.8 Å². The molecule has 0 saturated carbocycles. The summed E-state index contributed by atoms with van der Waals surface area (Å²) in [6.45, 7) is 10.3. The Morgan fingerprint density at radius 3 is 2.19 bits per heavy atom. The zero-order chi connectivity index (χ0) is 26.1. The Labute approximate surface area is 215 Å². The third kappa shape index (κ3) is 8.69. The summed E-state index contributed by atoms with van der Waals surface area (Å²) in [5, 5.41) is 14.0. The van der Waals surface area contributed by atoms with Crippen LogP contribution in [-0.2, 0) is 17.7 Å². The first kappa shape index (κ1) is 27.8. The molecule has 2 aromatic rings. The van der Waals surface area contributed by atoms with E-state index in [1.54, 1.807) is 14.2 Å². The van der Waals surface area contributed by atoms with Crippen LogP contribution in [0.2, 0.25) is 0 Å². The normalized spacial score (nSPS) is 16.7. The molecule has 1 saturated heterocycles. The van der Waals surface area contributed by atoms with Crippen molar-refractivity contribution in [1.29, 1.82) is 0 Å². The van der Waals surface area contributed by atoms with Crippen LogP contribution >= 0.6 is 0 Å². The number of amides is 1. The highest BCUT2D eigenvalue weighted by Gasteiger charge is 2.28. The Hall–Kier alpha value is -2.81. The first-order valence-corrected chi connectivity index (χ1v) is 12.5. The molecular formula is C28H41N3O5. The van der Waals surface area contributed by atoms with Gasteiger partial charge in [0, 0.05) is 39.3 Å². The molecule has 2 aromatic carbocycles. The number of ether oxygens (including phenoxy) is 3. The number of piperazine rings is 1. The quantitative estimate of drug-likeness (QED) is 0.519. The largest absolute Gasteiger partial charge is 0.493 e. The number of nitrogens with zero attached hydrogens (tertiary/aromatic N) is 2. The van der Waals surface area contributed by atoms with Crippen LogP contribution in [0.25, 0.3) is 0 Å². The average molecular weight is 500 g/mol. The predicted molar refractivity (Wildman–Crippen MR) is 141 cm³/mol. The molecule has 1 heterocycles. The number of carbonyl (C=O) groups excluding carboxylic acids is 1. The second-order valence-electron chi connectivity index (χ2n) is 10.3. The molecule has 1 aliphatic rings. The Kier molecular flexibility index (Phi) is 9.98. The Morgan fingerprint density at radius 1 is 0.944 bits per heavy atom. The van der Waals surface area contributed by atoms with Gasteiger partial charge in [0.15, 0.2) is 11.5 Å². The molecule has 1 fully saturated rings. The molecule has 36 heavy (non-hydrogen) atoms. The van der Waals surface area contributed by atoms with Crippen LogP contribution in [0.5, 0.6) is 11.5 Å². The summed E-state index contributed by atoms with van der Waals surface area (Å²) in [7, 11) is 3.28. The van der Waals surface area contributed by atoms with Gasteiger partial charge in [0.2, 0.25) is 0 Å². The van der Waals surface area contributed by atoms with E-state index in [1.807, 2.05) is 63.2 Å². The topological polar surface area (TPSA) is 83.5 Å². The third-order valence-electron chi connectivity index (χ3n) is 6.23. The summed E-state index contributed by atoms with van der Waals surface area (Å²) in [6.07, 6.45) is -0.710. The van der Waals surface area contributed by atoms with Crippen molar-refractivity contribution in [3.63, 3.8) is 0 Å². The first-order valence-electron chi connectivity index (χ1n) is 12.5. The number of nitrogens with one attached hydrogen (secondary N) is 1. The zero-order valence-electron chi connectivity index (χ0n) is 22.2. The van der Waals surface area contributed by atoms with E-state index in [-0.39, 0.29) is 0 Å². The lowest BCUT2D eigenvalue weighted by molar-refractivity contribution is 0.0299. The second kappa shape index (κ2) is 12.9. The number of β-amino-alcohol motifs (C(OH)–C–C–N with tert-alkyl or cyclic N) is 1. The van der Waals surface area contributed by atoms with E-state index >= 15 is 0 Å². The van der Waals surface area contributed by atoms with Gasteiger partial charge in [0.05, 0.1) is 26.4 Å². The SMILES string of the molecule is COc1ccc(CN2CCN(C[C@@H](O)[C@H](Cc3ccccc3)NC(=O)OC(C)(C)C)CC2)cc1OC. The van der Waals surface area contributed by atoms with Crippen molar-refractivity contribution in [2.45, 2.75) is 51.5 Å². The summed E-state index contributed by atoms with van der Waals surface area (Å²) in [4.78, 5) is 17.1. The standard InChI is InChI=1S/C28H41N3O5/c1-28(2,3)36-27(33)29-23(17-21-9-7-6-8-10-21)24(32)20-31-15-13-30(14-16-31)19-22-11-12-25(34-4)26(18-22)35-5/h6-12,18,23-24,32H,13-17,19-20H2,1-5H3,(H,29,33)/t23-,24+/m0/s1. The fourth-order valence-electron chi connectivity index (χ4n) is 4.37. The van der Waals surface area contributed by atoms with Crippen molar-refractivity contribution >= 4 is 6.09 Å². The van der Waals surface area contributed by atoms with Gasteiger partial charge in [-0.1, -0.05) is 36.4 Å². The highest BCUT2D eigenvalue weighted by Crippen LogP contribution is 2.28. The van der Waals surface area contributed by atoms with Crippen molar-refractivity contribution < 1.29 is 24.1 Å². The summed E-state index contributed by atoms with van der Waals surface area (Å²) in [5.41, 5.74) is 1.62. The molecule has 0 radical (unpaired) electrons. The van der Waals surface area contributed by atoms with E-state index in [1.165, 1.54) is 5.56 Å². The maximum absolute atomic E-state index is 12.5.